The first-order valence-corrected chi connectivity index (χ1v) is 9.70. The Hall–Kier alpha value is -0.0800. The molecule has 0 aromatic heterocycles. The maximum absolute atomic E-state index is 3.95. The number of likely N-dealkylation sites (N-methyl/N-ethyl adjacent to an activating group) is 2. The highest BCUT2D eigenvalue weighted by atomic mass is 15.2. The molecule has 120 valence electrons. The van der Waals surface area contributed by atoms with Gasteiger partial charge in [0.15, 0.2) is 0 Å². The quantitative estimate of drug-likeness (QED) is 0.769. The maximum Gasteiger partial charge on any atom is 0.0251 e. The summed E-state index contributed by atoms with van der Waals surface area (Å²) < 4.78 is 0. The summed E-state index contributed by atoms with van der Waals surface area (Å²) in [6, 6.07) is 1.68. The minimum atomic E-state index is 0.660. The van der Waals surface area contributed by atoms with Gasteiger partial charge in [0, 0.05) is 18.6 Å². The summed E-state index contributed by atoms with van der Waals surface area (Å²) in [6.07, 6.45) is 12.2. The number of hydrogen-bond acceptors (Lipinski definition) is 2. The number of rotatable bonds is 7. The lowest BCUT2D eigenvalue weighted by molar-refractivity contribution is -0.0787. The first-order valence-electron chi connectivity index (χ1n) is 9.70. The second-order valence-electron chi connectivity index (χ2n) is 8.71. The number of nitrogens with one attached hydrogen (secondary N) is 1. The van der Waals surface area contributed by atoms with Crippen LogP contribution in [-0.2, 0) is 0 Å². The van der Waals surface area contributed by atoms with Gasteiger partial charge in [0.1, 0.15) is 0 Å². The molecule has 0 amide bonds. The smallest absolute Gasteiger partial charge is 0.0251 e. The van der Waals surface area contributed by atoms with Crippen molar-refractivity contribution in [3.8, 4) is 0 Å². The van der Waals surface area contributed by atoms with E-state index in [1.807, 2.05) is 0 Å². The summed E-state index contributed by atoms with van der Waals surface area (Å²) in [6.45, 7) is 8.39. The molecule has 5 aliphatic rings. The average Bonchev–Trinajstić information content (AvgIpc) is 3.26. The van der Waals surface area contributed by atoms with Gasteiger partial charge in [-0.1, -0.05) is 13.8 Å². The highest BCUT2D eigenvalue weighted by molar-refractivity contribution is 5.07. The molecule has 2 nitrogen and oxygen atoms in total. The monoisotopic (exact) mass is 290 g/mol. The average molecular weight is 290 g/mol. The van der Waals surface area contributed by atoms with Gasteiger partial charge in [-0.05, 0) is 87.6 Å². The zero-order valence-electron chi connectivity index (χ0n) is 14.1. The summed E-state index contributed by atoms with van der Waals surface area (Å²) in [5.74, 6) is 3.23. The molecule has 0 aromatic rings. The third-order valence-corrected chi connectivity index (χ3v) is 7.16. The second-order valence-corrected chi connectivity index (χ2v) is 8.71. The molecule has 0 radical (unpaired) electrons. The molecule has 0 heterocycles. The Morgan fingerprint density at radius 2 is 1.57 bits per heavy atom. The largest absolute Gasteiger partial charge is 0.312 e. The van der Waals surface area contributed by atoms with Gasteiger partial charge in [-0.3, -0.25) is 4.90 Å². The Morgan fingerprint density at radius 3 is 2.00 bits per heavy atom. The van der Waals surface area contributed by atoms with E-state index in [4.69, 9.17) is 0 Å². The summed E-state index contributed by atoms with van der Waals surface area (Å²) in [7, 11) is 0. The van der Waals surface area contributed by atoms with Gasteiger partial charge in [-0.2, -0.15) is 0 Å². The molecule has 0 saturated heterocycles. The van der Waals surface area contributed by atoms with Gasteiger partial charge in [0.25, 0.3) is 0 Å². The molecule has 5 rings (SSSR count). The summed E-state index contributed by atoms with van der Waals surface area (Å²) in [4.78, 5) is 2.78. The Bertz CT molecular complexity index is 338. The molecule has 4 bridgehead atoms. The van der Waals surface area contributed by atoms with Crippen molar-refractivity contribution < 1.29 is 0 Å². The van der Waals surface area contributed by atoms with Crippen LogP contribution in [0.2, 0.25) is 0 Å². The van der Waals surface area contributed by atoms with Crippen molar-refractivity contribution in [2.24, 2.45) is 23.2 Å². The van der Waals surface area contributed by atoms with Crippen LogP contribution in [0.25, 0.3) is 0 Å². The minimum absolute atomic E-state index is 0.660. The van der Waals surface area contributed by atoms with Crippen LogP contribution >= 0.6 is 0 Å². The van der Waals surface area contributed by atoms with E-state index in [-0.39, 0.29) is 0 Å². The van der Waals surface area contributed by atoms with Crippen molar-refractivity contribution in [2.75, 3.05) is 19.6 Å². The molecule has 1 unspecified atom stereocenters. The van der Waals surface area contributed by atoms with Crippen LogP contribution in [0, 0.1) is 23.2 Å². The van der Waals surface area contributed by atoms with Crippen molar-refractivity contribution in [1.82, 2.24) is 10.2 Å². The highest BCUT2D eigenvalue weighted by Crippen LogP contribution is 2.61. The van der Waals surface area contributed by atoms with E-state index in [2.05, 4.69) is 24.1 Å². The standard InChI is InChI=1S/C19H34N2/c1-3-20-18(13-21(4-2)17-5-6-17)19-10-14-7-15(11-19)9-16(8-14)12-19/h14-18,20H,3-13H2,1-2H3. The van der Waals surface area contributed by atoms with E-state index >= 15 is 0 Å². The molecule has 0 spiro atoms. The van der Waals surface area contributed by atoms with Crippen LogP contribution in [0.3, 0.4) is 0 Å². The fraction of sp³-hybridized carbons (Fsp3) is 1.00. The molecule has 0 aromatic carbocycles. The lowest BCUT2D eigenvalue weighted by Crippen LogP contribution is -2.59. The van der Waals surface area contributed by atoms with E-state index in [1.165, 1.54) is 25.9 Å². The SMILES string of the molecule is CCNC(CN(CC)C1CC1)C12CC3CC(CC(C3)C1)C2. The topological polar surface area (TPSA) is 15.3 Å². The Morgan fingerprint density at radius 1 is 1.00 bits per heavy atom. The van der Waals surface area contributed by atoms with Gasteiger partial charge in [-0.25, -0.2) is 0 Å². The summed E-state index contributed by atoms with van der Waals surface area (Å²) in [5, 5.41) is 3.95. The molecular weight excluding hydrogens is 256 g/mol. The zero-order chi connectivity index (χ0) is 14.4. The molecule has 1 N–H and O–H groups in total. The number of hydrogen-bond donors (Lipinski definition) is 1. The Balaban J connectivity index is 1.52. The van der Waals surface area contributed by atoms with Crippen LogP contribution in [-0.4, -0.2) is 36.6 Å². The summed E-state index contributed by atoms with van der Waals surface area (Å²) >= 11 is 0. The molecule has 0 aliphatic heterocycles. The maximum atomic E-state index is 3.95. The molecule has 2 heteroatoms. The van der Waals surface area contributed by atoms with Gasteiger partial charge in [0.05, 0.1) is 0 Å². The van der Waals surface area contributed by atoms with Gasteiger partial charge in [-0.15, -0.1) is 0 Å². The van der Waals surface area contributed by atoms with Crippen LogP contribution in [0.5, 0.6) is 0 Å². The third kappa shape index (κ3) is 2.67. The minimum Gasteiger partial charge on any atom is -0.312 e. The van der Waals surface area contributed by atoms with Crippen molar-refractivity contribution in [1.29, 1.82) is 0 Å². The van der Waals surface area contributed by atoms with Crippen molar-refractivity contribution in [3.05, 3.63) is 0 Å². The van der Waals surface area contributed by atoms with E-state index in [0.29, 0.717) is 5.41 Å². The van der Waals surface area contributed by atoms with Gasteiger partial charge >= 0.3 is 0 Å². The lowest BCUT2D eigenvalue weighted by Gasteiger charge is -2.60. The highest BCUT2D eigenvalue weighted by Gasteiger charge is 2.54. The van der Waals surface area contributed by atoms with Crippen molar-refractivity contribution >= 4 is 0 Å². The van der Waals surface area contributed by atoms with Gasteiger partial charge in [0.2, 0.25) is 0 Å². The first kappa shape index (κ1) is 14.5. The van der Waals surface area contributed by atoms with Crippen LogP contribution < -0.4 is 5.32 Å². The summed E-state index contributed by atoms with van der Waals surface area (Å²) in [5.41, 5.74) is 0.660. The third-order valence-electron chi connectivity index (χ3n) is 7.16. The second kappa shape index (κ2) is 5.53. The van der Waals surface area contributed by atoms with E-state index in [0.717, 1.165) is 36.4 Å². The molecule has 1 atom stereocenters. The van der Waals surface area contributed by atoms with E-state index in [1.54, 1.807) is 38.5 Å². The van der Waals surface area contributed by atoms with Crippen LogP contribution in [0.15, 0.2) is 0 Å². The normalized spacial score (nSPS) is 42.7. The predicted molar refractivity (Wildman–Crippen MR) is 88.3 cm³/mol. The van der Waals surface area contributed by atoms with Crippen molar-refractivity contribution in [3.63, 3.8) is 0 Å². The van der Waals surface area contributed by atoms with Crippen LogP contribution in [0.4, 0.5) is 0 Å². The molecular formula is C19H34N2. The Labute approximate surface area is 131 Å². The van der Waals surface area contributed by atoms with Crippen molar-refractivity contribution in [2.45, 2.75) is 77.3 Å². The first-order chi connectivity index (χ1) is 10.2. The van der Waals surface area contributed by atoms with Gasteiger partial charge < -0.3 is 5.32 Å². The molecule has 5 saturated carbocycles. The fourth-order valence-electron chi connectivity index (χ4n) is 6.54. The van der Waals surface area contributed by atoms with E-state index in [9.17, 15) is 0 Å². The molecule has 21 heavy (non-hydrogen) atoms. The Kier molecular flexibility index (Phi) is 3.82. The number of nitrogens with zero attached hydrogens (tertiary/aromatic N) is 1. The van der Waals surface area contributed by atoms with E-state index < -0.39 is 0 Å². The predicted octanol–water partition coefficient (Wildman–Crippen LogP) is 3.67. The zero-order valence-corrected chi connectivity index (χ0v) is 14.1. The lowest BCUT2D eigenvalue weighted by atomic mass is 9.47. The fourth-order valence-corrected chi connectivity index (χ4v) is 6.54. The van der Waals surface area contributed by atoms with Crippen LogP contribution in [0.1, 0.15) is 65.2 Å². The molecule has 5 fully saturated rings. The molecule has 5 aliphatic carbocycles.